The molecule has 24 heavy (non-hydrogen) atoms. The van der Waals surface area contributed by atoms with Crippen LogP contribution in [0.5, 0.6) is 0 Å². The number of thioether (sulfide) groups is 1. The molecule has 6 nitrogen and oxygen atoms in total. The summed E-state index contributed by atoms with van der Waals surface area (Å²) in [4.78, 5) is 24.1. The van der Waals surface area contributed by atoms with Crippen LogP contribution in [0.1, 0.15) is 24.2 Å². The standard InChI is InChI=1S/C17H16N4O2S/c1-11(22)13-7-3-4-8-14(13)18-16(23)12(2)24-17-20-19-15-9-5-6-10-21(15)17/h3-10,12H,1-2H3,(H,18,23). The van der Waals surface area contributed by atoms with Gasteiger partial charge in [0.25, 0.3) is 0 Å². The molecule has 0 spiro atoms. The van der Waals surface area contributed by atoms with Crippen molar-refractivity contribution in [2.24, 2.45) is 0 Å². The van der Waals surface area contributed by atoms with E-state index in [0.717, 1.165) is 5.65 Å². The number of hydrogen-bond donors (Lipinski definition) is 1. The molecule has 0 aliphatic heterocycles. The molecule has 1 aromatic carbocycles. The third kappa shape index (κ3) is 3.30. The first-order valence-electron chi connectivity index (χ1n) is 7.43. The number of rotatable bonds is 5. The molecule has 0 aliphatic rings. The minimum atomic E-state index is -0.391. The highest BCUT2D eigenvalue weighted by Gasteiger charge is 2.19. The summed E-state index contributed by atoms with van der Waals surface area (Å²) in [5, 5.41) is 11.2. The number of aromatic nitrogens is 3. The lowest BCUT2D eigenvalue weighted by Gasteiger charge is -2.13. The van der Waals surface area contributed by atoms with Crippen molar-refractivity contribution in [2.45, 2.75) is 24.3 Å². The van der Waals surface area contributed by atoms with E-state index < -0.39 is 5.25 Å². The Morgan fingerprint density at radius 2 is 1.88 bits per heavy atom. The van der Waals surface area contributed by atoms with Crippen LogP contribution in [-0.2, 0) is 4.79 Å². The molecule has 2 aromatic heterocycles. The van der Waals surface area contributed by atoms with Crippen molar-refractivity contribution >= 4 is 34.8 Å². The summed E-state index contributed by atoms with van der Waals surface area (Å²) in [6, 6.07) is 12.6. The smallest absolute Gasteiger partial charge is 0.237 e. The van der Waals surface area contributed by atoms with Crippen molar-refractivity contribution in [3.8, 4) is 0 Å². The molecule has 0 saturated heterocycles. The molecule has 1 N–H and O–H groups in total. The highest BCUT2D eigenvalue weighted by atomic mass is 32.2. The number of ketones is 1. The topological polar surface area (TPSA) is 76.4 Å². The average Bonchev–Trinajstić information content (AvgIpc) is 2.98. The Labute approximate surface area is 143 Å². The van der Waals surface area contributed by atoms with Gasteiger partial charge in [-0.2, -0.15) is 0 Å². The third-order valence-corrected chi connectivity index (χ3v) is 4.55. The number of para-hydroxylation sites is 1. The minimum absolute atomic E-state index is 0.0883. The van der Waals surface area contributed by atoms with Crippen LogP contribution in [0.4, 0.5) is 5.69 Å². The number of amides is 1. The van der Waals surface area contributed by atoms with Gasteiger partial charge in [-0.15, -0.1) is 10.2 Å². The predicted octanol–water partition coefficient (Wildman–Crippen LogP) is 3.05. The molecule has 7 heteroatoms. The zero-order valence-electron chi connectivity index (χ0n) is 13.3. The van der Waals surface area contributed by atoms with Gasteiger partial charge in [-0.3, -0.25) is 14.0 Å². The molecular weight excluding hydrogens is 324 g/mol. The van der Waals surface area contributed by atoms with E-state index in [4.69, 9.17) is 0 Å². The first-order chi connectivity index (χ1) is 11.6. The fourth-order valence-corrected chi connectivity index (χ4v) is 3.08. The molecule has 3 aromatic rings. The van der Waals surface area contributed by atoms with Crippen LogP contribution in [0.25, 0.3) is 5.65 Å². The van der Waals surface area contributed by atoms with Crippen molar-refractivity contribution in [1.82, 2.24) is 14.6 Å². The summed E-state index contributed by atoms with van der Waals surface area (Å²) in [7, 11) is 0. The molecule has 0 saturated carbocycles. The molecular formula is C17H16N4O2S. The molecule has 1 unspecified atom stereocenters. The molecule has 0 aliphatic carbocycles. The van der Waals surface area contributed by atoms with Crippen molar-refractivity contribution in [1.29, 1.82) is 0 Å². The van der Waals surface area contributed by atoms with Crippen LogP contribution in [0.15, 0.2) is 53.8 Å². The normalized spacial score (nSPS) is 12.1. The second-order valence-electron chi connectivity index (χ2n) is 5.26. The quantitative estimate of drug-likeness (QED) is 0.571. The van der Waals surface area contributed by atoms with Gasteiger partial charge < -0.3 is 5.32 Å². The highest BCUT2D eigenvalue weighted by Crippen LogP contribution is 2.24. The number of carbonyl (C=O) groups excluding carboxylic acids is 2. The van der Waals surface area contributed by atoms with Gasteiger partial charge in [-0.1, -0.05) is 30.0 Å². The maximum atomic E-state index is 12.4. The molecule has 3 rings (SSSR count). The van der Waals surface area contributed by atoms with E-state index in [1.54, 1.807) is 31.2 Å². The molecule has 0 radical (unpaired) electrons. The van der Waals surface area contributed by atoms with Crippen molar-refractivity contribution in [3.63, 3.8) is 0 Å². The fourth-order valence-electron chi connectivity index (χ4n) is 2.24. The number of Topliss-reactive ketones (excluding diaryl/α,β-unsaturated/α-hetero) is 1. The van der Waals surface area contributed by atoms with Crippen molar-refractivity contribution in [2.75, 3.05) is 5.32 Å². The number of pyridine rings is 1. The second kappa shape index (κ2) is 6.84. The molecule has 0 bridgehead atoms. The van der Waals surface area contributed by atoms with Crippen LogP contribution >= 0.6 is 11.8 Å². The first kappa shape index (κ1) is 16.2. The number of hydrogen-bond acceptors (Lipinski definition) is 5. The van der Waals surface area contributed by atoms with Gasteiger partial charge in [0.1, 0.15) is 0 Å². The van der Waals surface area contributed by atoms with Crippen molar-refractivity contribution in [3.05, 3.63) is 54.2 Å². The maximum absolute atomic E-state index is 12.4. The largest absolute Gasteiger partial charge is 0.324 e. The molecule has 122 valence electrons. The van der Waals surface area contributed by atoms with E-state index in [9.17, 15) is 9.59 Å². The zero-order valence-corrected chi connectivity index (χ0v) is 14.1. The van der Waals surface area contributed by atoms with Gasteiger partial charge in [0, 0.05) is 11.8 Å². The van der Waals surface area contributed by atoms with E-state index in [0.29, 0.717) is 16.4 Å². The van der Waals surface area contributed by atoms with Crippen molar-refractivity contribution < 1.29 is 9.59 Å². The van der Waals surface area contributed by atoms with E-state index in [1.165, 1.54) is 18.7 Å². The Bertz CT molecular complexity index is 906. The number of carbonyl (C=O) groups is 2. The minimum Gasteiger partial charge on any atom is -0.324 e. The predicted molar refractivity (Wildman–Crippen MR) is 93.4 cm³/mol. The monoisotopic (exact) mass is 340 g/mol. The molecule has 0 fully saturated rings. The number of nitrogens with one attached hydrogen (secondary N) is 1. The van der Waals surface area contributed by atoms with Crippen LogP contribution in [0.2, 0.25) is 0 Å². The molecule has 1 atom stereocenters. The number of anilines is 1. The van der Waals surface area contributed by atoms with E-state index in [2.05, 4.69) is 15.5 Å². The van der Waals surface area contributed by atoms with Gasteiger partial charge in [0.05, 0.1) is 10.9 Å². The van der Waals surface area contributed by atoms with Crippen LogP contribution in [0, 0.1) is 0 Å². The van der Waals surface area contributed by atoms with E-state index in [1.807, 2.05) is 28.8 Å². The lowest BCUT2D eigenvalue weighted by molar-refractivity contribution is -0.115. The maximum Gasteiger partial charge on any atom is 0.237 e. The van der Waals surface area contributed by atoms with E-state index >= 15 is 0 Å². The van der Waals surface area contributed by atoms with Gasteiger partial charge in [0.2, 0.25) is 5.91 Å². The molecule has 2 heterocycles. The Morgan fingerprint density at radius 1 is 1.12 bits per heavy atom. The van der Waals surface area contributed by atoms with Crippen LogP contribution in [0.3, 0.4) is 0 Å². The zero-order chi connectivity index (χ0) is 17.1. The van der Waals surface area contributed by atoms with Crippen LogP contribution in [-0.4, -0.2) is 31.5 Å². The van der Waals surface area contributed by atoms with Gasteiger partial charge in [0.15, 0.2) is 16.6 Å². The summed E-state index contributed by atoms with van der Waals surface area (Å²) >= 11 is 1.31. The number of benzene rings is 1. The third-order valence-electron chi connectivity index (χ3n) is 3.50. The lowest BCUT2D eigenvalue weighted by Crippen LogP contribution is -2.23. The SMILES string of the molecule is CC(=O)c1ccccc1NC(=O)C(C)Sc1nnc2ccccn12. The first-order valence-corrected chi connectivity index (χ1v) is 8.31. The lowest BCUT2D eigenvalue weighted by atomic mass is 10.1. The summed E-state index contributed by atoms with van der Waals surface area (Å²) < 4.78 is 1.83. The highest BCUT2D eigenvalue weighted by molar-refractivity contribution is 8.00. The Hall–Kier alpha value is -2.67. The fraction of sp³-hybridized carbons (Fsp3) is 0.176. The summed E-state index contributed by atoms with van der Waals surface area (Å²) in [5.41, 5.74) is 1.75. The van der Waals surface area contributed by atoms with E-state index in [-0.39, 0.29) is 11.7 Å². The number of fused-ring (bicyclic) bond motifs is 1. The Morgan fingerprint density at radius 3 is 2.67 bits per heavy atom. The van der Waals surface area contributed by atoms with Gasteiger partial charge >= 0.3 is 0 Å². The summed E-state index contributed by atoms with van der Waals surface area (Å²) in [6.07, 6.45) is 1.85. The van der Waals surface area contributed by atoms with Gasteiger partial charge in [-0.05, 0) is 38.1 Å². The Balaban J connectivity index is 1.75. The average molecular weight is 340 g/mol. The van der Waals surface area contributed by atoms with Gasteiger partial charge in [-0.25, -0.2) is 0 Å². The second-order valence-corrected chi connectivity index (χ2v) is 6.57. The summed E-state index contributed by atoms with van der Waals surface area (Å²) in [5.74, 6) is -0.281. The number of nitrogens with zero attached hydrogens (tertiary/aromatic N) is 3. The van der Waals surface area contributed by atoms with Crippen LogP contribution < -0.4 is 5.32 Å². The molecule has 1 amide bonds. The Kier molecular flexibility index (Phi) is 4.61. The summed E-state index contributed by atoms with van der Waals surface area (Å²) in [6.45, 7) is 3.27.